The molecule has 35 heavy (non-hydrogen) atoms. The zero-order valence-corrected chi connectivity index (χ0v) is 21.2. The molecule has 1 amide bonds. The third-order valence-electron chi connectivity index (χ3n) is 5.35. The SMILES string of the molecule is Cc1cc(C=NNC(=O)c2cccnc2Cl)c(C)n1-c1ccc(OCc2ccc(Cl)cc2Cl)cc1. The minimum Gasteiger partial charge on any atom is -0.489 e. The Bertz CT molecular complexity index is 1400. The van der Waals surface area contributed by atoms with E-state index in [0.717, 1.165) is 34.0 Å². The van der Waals surface area contributed by atoms with E-state index in [4.69, 9.17) is 39.5 Å². The van der Waals surface area contributed by atoms with Gasteiger partial charge in [0.2, 0.25) is 0 Å². The summed E-state index contributed by atoms with van der Waals surface area (Å²) in [4.78, 5) is 16.2. The minimum atomic E-state index is -0.427. The van der Waals surface area contributed by atoms with Gasteiger partial charge < -0.3 is 9.30 Å². The lowest BCUT2D eigenvalue weighted by Gasteiger charge is -2.12. The molecule has 4 aromatic rings. The number of nitrogens with zero attached hydrogens (tertiary/aromatic N) is 3. The van der Waals surface area contributed by atoms with Crippen LogP contribution in [0.4, 0.5) is 0 Å². The van der Waals surface area contributed by atoms with Gasteiger partial charge in [-0.25, -0.2) is 10.4 Å². The summed E-state index contributed by atoms with van der Waals surface area (Å²) in [6.07, 6.45) is 3.12. The largest absolute Gasteiger partial charge is 0.489 e. The first kappa shape index (κ1) is 24.8. The van der Waals surface area contributed by atoms with E-state index < -0.39 is 5.91 Å². The standard InChI is InChI=1S/C26H21Cl3N4O2/c1-16-12-19(14-31-32-26(34)23-4-3-11-30-25(23)29)17(2)33(16)21-7-9-22(10-8-21)35-15-18-5-6-20(27)13-24(18)28/h3-14H,15H2,1-2H3,(H,32,34). The van der Waals surface area contributed by atoms with E-state index in [1.165, 1.54) is 6.20 Å². The normalized spacial score (nSPS) is 11.1. The highest BCUT2D eigenvalue weighted by Gasteiger charge is 2.12. The number of carbonyl (C=O) groups is 1. The number of hydrogen-bond acceptors (Lipinski definition) is 4. The van der Waals surface area contributed by atoms with E-state index >= 15 is 0 Å². The predicted octanol–water partition coefficient (Wildman–Crippen LogP) is 6.79. The summed E-state index contributed by atoms with van der Waals surface area (Å²) in [5, 5.41) is 5.37. The Kier molecular flexibility index (Phi) is 7.76. The second-order valence-electron chi connectivity index (χ2n) is 7.72. The van der Waals surface area contributed by atoms with Crippen molar-refractivity contribution >= 4 is 46.9 Å². The van der Waals surface area contributed by atoms with E-state index in [1.54, 1.807) is 30.5 Å². The molecule has 0 saturated carbocycles. The topological polar surface area (TPSA) is 68.5 Å². The molecule has 0 radical (unpaired) electrons. The Labute approximate surface area is 218 Å². The Morgan fingerprint density at radius 2 is 1.86 bits per heavy atom. The summed E-state index contributed by atoms with van der Waals surface area (Å²) in [6.45, 7) is 4.33. The van der Waals surface area contributed by atoms with Gasteiger partial charge in [-0.2, -0.15) is 5.10 Å². The highest BCUT2D eigenvalue weighted by molar-refractivity contribution is 6.35. The van der Waals surface area contributed by atoms with Crippen molar-refractivity contribution in [1.82, 2.24) is 15.0 Å². The van der Waals surface area contributed by atoms with Gasteiger partial charge in [-0.1, -0.05) is 40.9 Å². The molecule has 0 aliphatic heterocycles. The van der Waals surface area contributed by atoms with Gasteiger partial charge in [-0.05, 0) is 68.4 Å². The lowest BCUT2D eigenvalue weighted by atomic mass is 10.2. The fourth-order valence-electron chi connectivity index (χ4n) is 3.58. The smallest absolute Gasteiger partial charge is 0.274 e. The maximum atomic E-state index is 12.3. The quantitative estimate of drug-likeness (QED) is 0.163. The number of halogens is 3. The van der Waals surface area contributed by atoms with Crippen molar-refractivity contribution in [3.63, 3.8) is 0 Å². The molecule has 0 bridgehead atoms. The lowest BCUT2D eigenvalue weighted by Crippen LogP contribution is -2.18. The molecule has 0 aliphatic rings. The second kappa shape index (κ2) is 11.0. The van der Waals surface area contributed by atoms with Crippen LogP contribution in [0, 0.1) is 13.8 Å². The van der Waals surface area contributed by atoms with E-state index in [2.05, 4.69) is 20.1 Å². The fraction of sp³-hybridized carbons (Fsp3) is 0.115. The molecule has 2 heterocycles. The van der Waals surface area contributed by atoms with Crippen molar-refractivity contribution in [1.29, 1.82) is 0 Å². The van der Waals surface area contributed by atoms with Gasteiger partial charge in [0.25, 0.3) is 5.91 Å². The number of nitrogens with one attached hydrogen (secondary N) is 1. The van der Waals surface area contributed by atoms with Gasteiger partial charge in [-0.3, -0.25) is 4.79 Å². The third-order valence-corrected chi connectivity index (χ3v) is 6.24. The summed E-state index contributed by atoms with van der Waals surface area (Å²) in [5.41, 5.74) is 7.45. The first-order valence-corrected chi connectivity index (χ1v) is 11.8. The molecular formula is C26H21Cl3N4O2. The van der Waals surface area contributed by atoms with E-state index in [1.807, 2.05) is 50.2 Å². The Hall–Kier alpha value is -3.32. The number of carbonyl (C=O) groups excluding carboxylic acids is 1. The van der Waals surface area contributed by atoms with Crippen LogP contribution in [0.15, 0.2) is 72.0 Å². The molecule has 6 nitrogen and oxygen atoms in total. The molecule has 2 aromatic heterocycles. The zero-order chi connectivity index (χ0) is 24.9. The monoisotopic (exact) mass is 526 g/mol. The average Bonchev–Trinajstić information content (AvgIpc) is 3.12. The molecule has 2 aromatic carbocycles. The number of aryl methyl sites for hydroxylation is 1. The van der Waals surface area contributed by atoms with Crippen LogP contribution in [0.3, 0.4) is 0 Å². The molecule has 0 aliphatic carbocycles. The molecule has 0 unspecified atom stereocenters. The van der Waals surface area contributed by atoms with Crippen LogP contribution in [-0.2, 0) is 6.61 Å². The van der Waals surface area contributed by atoms with Crippen LogP contribution in [-0.4, -0.2) is 21.7 Å². The van der Waals surface area contributed by atoms with Gasteiger partial charge >= 0.3 is 0 Å². The van der Waals surface area contributed by atoms with Crippen LogP contribution < -0.4 is 10.2 Å². The molecule has 0 atom stereocenters. The zero-order valence-electron chi connectivity index (χ0n) is 18.9. The fourth-order valence-corrected chi connectivity index (χ4v) is 4.25. The van der Waals surface area contributed by atoms with E-state index in [9.17, 15) is 4.79 Å². The first-order chi connectivity index (χ1) is 16.8. The number of rotatable bonds is 7. The molecule has 178 valence electrons. The highest BCUT2D eigenvalue weighted by Crippen LogP contribution is 2.25. The average molecular weight is 528 g/mol. The van der Waals surface area contributed by atoms with Crippen molar-refractivity contribution < 1.29 is 9.53 Å². The van der Waals surface area contributed by atoms with E-state index in [-0.39, 0.29) is 10.7 Å². The van der Waals surface area contributed by atoms with Gasteiger partial charge in [0.05, 0.1) is 11.8 Å². The highest BCUT2D eigenvalue weighted by atomic mass is 35.5. The minimum absolute atomic E-state index is 0.127. The van der Waals surface area contributed by atoms with Gasteiger partial charge in [0.1, 0.15) is 17.5 Å². The van der Waals surface area contributed by atoms with Crippen molar-refractivity contribution in [2.75, 3.05) is 0 Å². The Morgan fingerprint density at radius 3 is 2.57 bits per heavy atom. The summed E-state index contributed by atoms with van der Waals surface area (Å²) in [5.74, 6) is 0.296. The number of amides is 1. The first-order valence-electron chi connectivity index (χ1n) is 10.6. The van der Waals surface area contributed by atoms with Gasteiger partial charge in [0.15, 0.2) is 0 Å². The molecule has 0 saturated heterocycles. The van der Waals surface area contributed by atoms with Crippen LogP contribution in [0.1, 0.15) is 32.9 Å². The molecule has 1 N–H and O–H groups in total. The number of hydrazone groups is 1. The summed E-state index contributed by atoms with van der Waals surface area (Å²) in [7, 11) is 0. The molecular weight excluding hydrogens is 507 g/mol. The number of benzene rings is 2. The molecule has 0 fully saturated rings. The predicted molar refractivity (Wildman–Crippen MR) is 140 cm³/mol. The van der Waals surface area contributed by atoms with Crippen molar-refractivity contribution in [2.24, 2.45) is 5.10 Å². The van der Waals surface area contributed by atoms with Crippen molar-refractivity contribution in [2.45, 2.75) is 20.5 Å². The van der Waals surface area contributed by atoms with Crippen molar-refractivity contribution in [3.8, 4) is 11.4 Å². The van der Waals surface area contributed by atoms with Crippen LogP contribution in [0.5, 0.6) is 5.75 Å². The Morgan fingerprint density at radius 1 is 1.09 bits per heavy atom. The van der Waals surface area contributed by atoms with Crippen molar-refractivity contribution in [3.05, 3.63) is 110 Å². The lowest BCUT2D eigenvalue weighted by molar-refractivity contribution is 0.0955. The van der Waals surface area contributed by atoms with Crippen LogP contribution in [0.25, 0.3) is 5.69 Å². The summed E-state index contributed by atoms with van der Waals surface area (Å²) >= 11 is 18.1. The Balaban J connectivity index is 1.44. The summed E-state index contributed by atoms with van der Waals surface area (Å²) in [6, 6.07) is 18.3. The second-order valence-corrected chi connectivity index (χ2v) is 8.92. The summed E-state index contributed by atoms with van der Waals surface area (Å²) < 4.78 is 7.98. The molecule has 9 heteroatoms. The third kappa shape index (κ3) is 5.85. The van der Waals surface area contributed by atoms with Crippen LogP contribution >= 0.6 is 34.8 Å². The van der Waals surface area contributed by atoms with Gasteiger partial charge in [-0.15, -0.1) is 0 Å². The van der Waals surface area contributed by atoms with Crippen LogP contribution in [0.2, 0.25) is 15.2 Å². The maximum absolute atomic E-state index is 12.3. The number of hydrogen-bond donors (Lipinski definition) is 1. The number of pyridine rings is 1. The number of ether oxygens (including phenoxy) is 1. The number of aromatic nitrogens is 2. The maximum Gasteiger partial charge on any atom is 0.274 e. The molecule has 4 rings (SSSR count). The van der Waals surface area contributed by atoms with E-state index in [0.29, 0.717) is 16.7 Å². The molecule has 0 spiro atoms. The van der Waals surface area contributed by atoms with Gasteiger partial charge in [0, 0.05) is 44.4 Å².